The number of nitrogens with zero attached hydrogens (tertiary/aromatic N) is 2. The van der Waals surface area contributed by atoms with Gasteiger partial charge < -0.3 is 5.32 Å². The third-order valence-electron chi connectivity index (χ3n) is 5.66. The molecule has 1 heterocycles. The molecule has 3 aromatic carbocycles. The minimum Gasteiger partial charge on any atom is -0.325 e. The van der Waals surface area contributed by atoms with Crippen LogP contribution in [0.25, 0.3) is 10.9 Å². The molecule has 0 unspecified atom stereocenters. The van der Waals surface area contributed by atoms with Gasteiger partial charge in [0.2, 0.25) is 5.91 Å². The van der Waals surface area contributed by atoms with Gasteiger partial charge >= 0.3 is 0 Å². The summed E-state index contributed by atoms with van der Waals surface area (Å²) in [6.07, 6.45) is 0. The van der Waals surface area contributed by atoms with Crippen molar-refractivity contribution in [2.75, 3.05) is 5.32 Å². The number of ketones is 1. The molecule has 0 aliphatic heterocycles. The van der Waals surface area contributed by atoms with Crippen molar-refractivity contribution in [2.45, 2.75) is 37.2 Å². The fraction of sp³-hybridized carbons (Fsp3) is 0.185. The SMILES string of the molecule is CC(=O)c1ccc(NC(=O)[C@@H](C)Sc2nc3ccccc3c(=O)n2[C@H](C)c2ccccc2)cc1. The van der Waals surface area contributed by atoms with E-state index in [1.807, 2.05) is 49.4 Å². The van der Waals surface area contributed by atoms with Crippen molar-refractivity contribution >= 4 is 40.0 Å². The lowest BCUT2D eigenvalue weighted by Gasteiger charge is -2.21. The number of aromatic nitrogens is 2. The highest BCUT2D eigenvalue weighted by atomic mass is 32.2. The predicted octanol–water partition coefficient (Wildman–Crippen LogP) is 5.33. The molecule has 34 heavy (non-hydrogen) atoms. The molecule has 7 heteroatoms. The Bertz CT molecular complexity index is 1400. The summed E-state index contributed by atoms with van der Waals surface area (Å²) in [5.74, 6) is -0.253. The maximum atomic E-state index is 13.5. The number of carbonyl (C=O) groups is 2. The van der Waals surface area contributed by atoms with E-state index in [0.29, 0.717) is 27.3 Å². The van der Waals surface area contributed by atoms with Gasteiger partial charge in [-0.3, -0.25) is 19.0 Å². The van der Waals surface area contributed by atoms with Crippen molar-refractivity contribution in [3.63, 3.8) is 0 Å². The molecule has 6 nitrogen and oxygen atoms in total. The third kappa shape index (κ3) is 4.94. The molecular weight excluding hydrogens is 446 g/mol. The Morgan fingerprint density at radius 2 is 1.56 bits per heavy atom. The van der Waals surface area contributed by atoms with Gasteiger partial charge in [0.1, 0.15) is 0 Å². The van der Waals surface area contributed by atoms with Crippen LogP contribution in [0.2, 0.25) is 0 Å². The average Bonchev–Trinajstić information content (AvgIpc) is 2.84. The molecule has 0 saturated carbocycles. The topological polar surface area (TPSA) is 81.1 Å². The average molecular weight is 472 g/mol. The van der Waals surface area contributed by atoms with Gasteiger partial charge in [0.15, 0.2) is 10.9 Å². The van der Waals surface area contributed by atoms with Crippen LogP contribution in [0, 0.1) is 0 Å². The van der Waals surface area contributed by atoms with Crippen molar-refractivity contribution in [3.05, 3.63) is 100 Å². The molecule has 1 amide bonds. The molecule has 0 aliphatic carbocycles. The fourth-order valence-corrected chi connectivity index (χ4v) is 4.66. The first-order chi connectivity index (χ1) is 16.3. The minimum absolute atomic E-state index is 0.0327. The minimum atomic E-state index is -0.519. The Balaban J connectivity index is 1.65. The number of anilines is 1. The molecule has 0 saturated heterocycles. The number of fused-ring (bicyclic) bond motifs is 1. The van der Waals surface area contributed by atoms with Crippen LogP contribution >= 0.6 is 11.8 Å². The van der Waals surface area contributed by atoms with E-state index < -0.39 is 5.25 Å². The van der Waals surface area contributed by atoms with E-state index in [1.54, 1.807) is 47.9 Å². The normalized spacial score (nSPS) is 12.8. The van der Waals surface area contributed by atoms with Crippen LogP contribution < -0.4 is 10.9 Å². The van der Waals surface area contributed by atoms with Gasteiger partial charge in [-0.05, 0) is 62.7 Å². The van der Waals surface area contributed by atoms with E-state index in [9.17, 15) is 14.4 Å². The van der Waals surface area contributed by atoms with E-state index in [4.69, 9.17) is 4.98 Å². The molecule has 1 aromatic heterocycles. The van der Waals surface area contributed by atoms with Gasteiger partial charge in [0, 0.05) is 11.3 Å². The molecule has 0 aliphatic rings. The highest BCUT2D eigenvalue weighted by Gasteiger charge is 2.22. The summed E-state index contributed by atoms with van der Waals surface area (Å²) >= 11 is 1.24. The number of thioether (sulfide) groups is 1. The smallest absolute Gasteiger partial charge is 0.262 e. The Labute approximate surface area is 202 Å². The van der Waals surface area contributed by atoms with E-state index in [1.165, 1.54) is 18.7 Å². The van der Waals surface area contributed by atoms with Crippen molar-refractivity contribution in [2.24, 2.45) is 0 Å². The zero-order valence-corrected chi connectivity index (χ0v) is 20.0. The fourth-order valence-electron chi connectivity index (χ4n) is 3.67. The van der Waals surface area contributed by atoms with Gasteiger partial charge in [0.05, 0.1) is 22.2 Å². The summed E-state index contributed by atoms with van der Waals surface area (Å²) in [6.45, 7) is 5.24. The first-order valence-corrected chi connectivity index (χ1v) is 11.9. The second-order valence-corrected chi connectivity index (χ2v) is 9.36. The summed E-state index contributed by atoms with van der Waals surface area (Å²) < 4.78 is 1.66. The third-order valence-corrected chi connectivity index (χ3v) is 6.72. The lowest BCUT2D eigenvalue weighted by Crippen LogP contribution is -2.29. The predicted molar refractivity (Wildman–Crippen MR) is 137 cm³/mol. The first kappa shape index (κ1) is 23.4. The second kappa shape index (κ2) is 10.1. The lowest BCUT2D eigenvalue weighted by atomic mass is 10.1. The second-order valence-electron chi connectivity index (χ2n) is 8.06. The van der Waals surface area contributed by atoms with Crippen LogP contribution in [0.5, 0.6) is 0 Å². The molecule has 172 valence electrons. The number of para-hydroxylation sites is 1. The largest absolute Gasteiger partial charge is 0.325 e. The number of hydrogen-bond acceptors (Lipinski definition) is 5. The van der Waals surface area contributed by atoms with Gasteiger partial charge in [-0.25, -0.2) is 4.98 Å². The van der Waals surface area contributed by atoms with Crippen LogP contribution in [-0.4, -0.2) is 26.5 Å². The van der Waals surface area contributed by atoms with Gasteiger partial charge in [0.25, 0.3) is 5.56 Å². The van der Waals surface area contributed by atoms with Gasteiger partial charge in [-0.15, -0.1) is 0 Å². The number of Topliss-reactive ketones (excluding diaryl/α,β-unsaturated/α-hetero) is 1. The van der Waals surface area contributed by atoms with Crippen LogP contribution in [0.1, 0.15) is 42.7 Å². The Hall–Kier alpha value is -3.71. The summed E-state index contributed by atoms with van der Waals surface area (Å²) in [6, 6.07) is 23.5. The number of carbonyl (C=O) groups excluding carboxylic acids is 2. The highest BCUT2D eigenvalue weighted by Crippen LogP contribution is 2.28. The molecule has 0 bridgehead atoms. The number of benzene rings is 3. The number of rotatable bonds is 7. The molecule has 0 radical (unpaired) electrons. The van der Waals surface area contributed by atoms with Gasteiger partial charge in [-0.2, -0.15) is 0 Å². The van der Waals surface area contributed by atoms with Gasteiger partial charge in [-0.1, -0.05) is 54.2 Å². The van der Waals surface area contributed by atoms with E-state index in [2.05, 4.69) is 5.32 Å². The molecule has 0 spiro atoms. The van der Waals surface area contributed by atoms with Crippen molar-refractivity contribution in [1.82, 2.24) is 9.55 Å². The van der Waals surface area contributed by atoms with Crippen molar-refractivity contribution < 1.29 is 9.59 Å². The summed E-state index contributed by atoms with van der Waals surface area (Å²) in [4.78, 5) is 42.6. The van der Waals surface area contributed by atoms with Crippen molar-refractivity contribution in [3.8, 4) is 0 Å². The monoisotopic (exact) mass is 471 g/mol. The molecule has 2 atom stereocenters. The summed E-state index contributed by atoms with van der Waals surface area (Å²) in [5.41, 5.74) is 2.62. The summed E-state index contributed by atoms with van der Waals surface area (Å²) in [5, 5.41) is 3.38. The Kier molecular flexibility index (Phi) is 6.93. The number of hydrogen-bond donors (Lipinski definition) is 1. The molecule has 4 rings (SSSR count). The molecular formula is C27H25N3O3S. The highest BCUT2D eigenvalue weighted by molar-refractivity contribution is 8.00. The first-order valence-electron chi connectivity index (χ1n) is 11.0. The zero-order valence-electron chi connectivity index (χ0n) is 19.2. The van der Waals surface area contributed by atoms with E-state index in [0.717, 1.165) is 5.56 Å². The molecule has 4 aromatic rings. The quantitative estimate of drug-likeness (QED) is 0.224. The van der Waals surface area contributed by atoms with Crippen LogP contribution in [0.15, 0.2) is 88.8 Å². The number of nitrogens with one attached hydrogen (secondary N) is 1. The van der Waals surface area contributed by atoms with Crippen molar-refractivity contribution in [1.29, 1.82) is 0 Å². The van der Waals surface area contributed by atoms with E-state index in [-0.39, 0.29) is 23.3 Å². The maximum Gasteiger partial charge on any atom is 0.262 e. The van der Waals surface area contributed by atoms with E-state index >= 15 is 0 Å². The maximum absolute atomic E-state index is 13.5. The Morgan fingerprint density at radius 1 is 0.912 bits per heavy atom. The Morgan fingerprint density at radius 3 is 2.24 bits per heavy atom. The number of amides is 1. The zero-order chi connectivity index (χ0) is 24.2. The van der Waals surface area contributed by atoms with Crippen LogP contribution in [0.4, 0.5) is 5.69 Å². The standard InChI is InChI=1S/C27H25N3O3S/c1-17(20-9-5-4-6-10-20)30-26(33)23-11-7-8-12-24(23)29-27(30)34-19(3)25(32)28-22-15-13-21(14-16-22)18(2)31/h4-17,19H,1-3H3,(H,28,32)/t17-,19-/m1/s1. The van der Waals surface area contributed by atoms with Crippen LogP contribution in [0.3, 0.4) is 0 Å². The molecule has 1 N–H and O–H groups in total. The van der Waals surface area contributed by atoms with Crippen LogP contribution in [-0.2, 0) is 4.79 Å². The summed E-state index contributed by atoms with van der Waals surface area (Å²) in [7, 11) is 0. The lowest BCUT2D eigenvalue weighted by molar-refractivity contribution is -0.115. The molecule has 0 fully saturated rings.